The molecule has 0 aliphatic rings. The number of nitrogens with zero attached hydrogens (tertiary/aromatic N) is 2. The molecule has 2 nitrogen and oxygen atoms in total. The van der Waals surface area contributed by atoms with Crippen molar-refractivity contribution in [3.63, 3.8) is 0 Å². The predicted octanol–water partition coefficient (Wildman–Crippen LogP) is 3.39. The number of hydrogen-bond donors (Lipinski definition) is 0. The van der Waals surface area contributed by atoms with Crippen molar-refractivity contribution in [1.29, 1.82) is 5.26 Å². The molecule has 1 aromatic heterocycles. The Kier molecular flexibility index (Phi) is 3.74. The molecule has 0 saturated heterocycles. The normalized spacial score (nSPS) is 9.88. The summed E-state index contributed by atoms with van der Waals surface area (Å²) in [5.74, 6) is 0. The molecule has 0 atom stereocenters. The molecule has 1 aromatic carbocycles. The Hall–Kier alpha value is -1.85. The molecule has 0 aliphatic heterocycles. The zero-order chi connectivity index (χ0) is 12.1. The van der Waals surface area contributed by atoms with Crippen LogP contribution in [0, 0.1) is 11.3 Å². The summed E-state index contributed by atoms with van der Waals surface area (Å²) in [6.45, 7) is 0. The van der Waals surface area contributed by atoms with Crippen LogP contribution >= 0.6 is 11.6 Å². The first kappa shape index (κ1) is 11.6. The molecule has 0 radical (unpaired) electrons. The van der Waals surface area contributed by atoms with E-state index in [0.717, 1.165) is 18.5 Å². The number of aryl methyl sites for hydroxylation is 2. The van der Waals surface area contributed by atoms with Gasteiger partial charge in [0.1, 0.15) is 11.2 Å². The molecule has 0 N–H and O–H groups in total. The van der Waals surface area contributed by atoms with Gasteiger partial charge in [0.05, 0.1) is 5.56 Å². The third-order valence-electron chi connectivity index (χ3n) is 2.54. The zero-order valence-corrected chi connectivity index (χ0v) is 9.98. The minimum atomic E-state index is 0.290. The quantitative estimate of drug-likeness (QED) is 0.774. The number of aromatic nitrogens is 1. The van der Waals surface area contributed by atoms with Gasteiger partial charge in [-0.2, -0.15) is 5.26 Å². The Morgan fingerprint density at radius 3 is 2.47 bits per heavy atom. The smallest absolute Gasteiger partial charge is 0.147 e. The summed E-state index contributed by atoms with van der Waals surface area (Å²) < 4.78 is 0. The summed E-state index contributed by atoms with van der Waals surface area (Å²) in [5, 5.41) is 9.03. The standard InChI is InChI=1S/C14H11ClN2/c15-14-12(10-16)7-9-13(17-14)8-6-11-4-2-1-3-5-11/h1-5,7,9H,6,8H2. The van der Waals surface area contributed by atoms with E-state index in [1.54, 1.807) is 6.07 Å². The molecule has 0 unspecified atom stereocenters. The lowest BCUT2D eigenvalue weighted by atomic mass is 10.1. The Bertz CT molecular complexity index is 544. The van der Waals surface area contributed by atoms with Gasteiger partial charge in [0.15, 0.2) is 0 Å². The first-order chi connectivity index (χ1) is 8.29. The monoisotopic (exact) mass is 242 g/mol. The van der Waals surface area contributed by atoms with Gasteiger partial charge >= 0.3 is 0 Å². The van der Waals surface area contributed by atoms with E-state index < -0.39 is 0 Å². The third kappa shape index (κ3) is 3.05. The fourth-order valence-electron chi connectivity index (χ4n) is 1.61. The molecule has 3 heteroatoms. The van der Waals surface area contributed by atoms with Crippen LogP contribution in [-0.2, 0) is 12.8 Å². The third-order valence-corrected chi connectivity index (χ3v) is 2.83. The van der Waals surface area contributed by atoms with Crippen LogP contribution in [0.4, 0.5) is 0 Å². The number of rotatable bonds is 3. The molecule has 2 aromatic rings. The van der Waals surface area contributed by atoms with Gasteiger partial charge in [-0.3, -0.25) is 0 Å². The van der Waals surface area contributed by atoms with E-state index in [1.807, 2.05) is 30.3 Å². The highest BCUT2D eigenvalue weighted by Gasteiger charge is 2.03. The van der Waals surface area contributed by atoms with Crippen molar-refractivity contribution < 1.29 is 0 Å². The van der Waals surface area contributed by atoms with E-state index in [-0.39, 0.29) is 5.15 Å². The van der Waals surface area contributed by atoms with Crippen LogP contribution in [0.15, 0.2) is 42.5 Å². The van der Waals surface area contributed by atoms with Crippen LogP contribution in [-0.4, -0.2) is 4.98 Å². The Labute approximate surface area is 105 Å². The molecule has 0 saturated carbocycles. The molecule has 0 amide bonds. The van der Waals surface area contributed by atoms with Crippen molar-refractivity contribution >= 4 is 11.6 Å². The minimum absolute atomic E-state index is 0.290. The summed E-state index contributed by atoms with van der Waals surface area (Å²) in [6.07, 6.45) is 1.76. The summed E-state index contributed by atoms with van der Waals surface area (Å²) >= 11 is 5.88. The molecular weight excluding hydrogens is 232 g/mol. The van der Waals surface area contributed by atoms with Gasteiger partial charge in [-0.15, -0.1) is 0 Å². The van der Waals surface area contributed by atoms with Crippen molar-refractivity contribution in [3.05, 3.63) is 64.4 Å². The van der Waals surface area contributed by atoms with E-state index in [9.17, 15) is 0 Å². The lowest BCUT2D eigenvalue weighted by molar-refractivity contribution is 0.913. The second-order valence-electron chi connectivity index (χ2n) is 3.74. The van der Waals surface area contributed by atoms with Crippen LogP contribution < -0.4 is 0 Å². The zero-order valence-electron chi connectivity index (χ0n) is 9.23. The summed E-state index contributed by atoms with van der Waals surface area (Å²) in [7, 11) is 0. The number of halogens is 1. The number of hydrogen-bond acceptors (Lipinski definition) is 2. The summed E-state index contributed by atoms with van der Waals surface area (Å²) in [5.41, 5.74) is 2.61. The lowest BCUT2D eigenvalue weighted by Gasteiger charge is -2.02. The van der Waals surface area contributed by atoms with Crippen LogP contribution in [0.3, 0.4) is 0 Å². The second kappa shape index (κ2) is 5.47. The first-order valence-electron chi connectivity index (χ1n) is 5.39. The maximum absolute atomic E-state index is 8.74. The summed E-state index contributed by atoms with van der Waals surface area (Å²) in [6, 6.07) is 15.8. The largest absolute Gasteiger partial charge is 0.240 e. The number of benzene rings is 1. The lowest BCUT2D eigenvalue weighted by Crippen LogP contribution is -1.95. The molecular formula is C14H11ClN2. The molecule has 1 heterocycles. The SMILES string of the molecule is N#Cc1ccc(CCc2ccccc2)nc1Cl. The topological polar surface area (TPSA) is 36.7 Å². The van der Waals surface area contributed by atoms with Crippen molar-refractivity contribution in [2.45, 2.75) is 12.8 Å². The molecule has 0 aliphatic carbocycles. The van der Waals surface area contributed by atoms with E-state index in [2.05, 4.69) is 17.1 Å². The van der Waals surface area contributed by atoms with Crippen molar-refractivity contribution in [3.8, 4) is 6.07 Å². The predicted molar refractivity (Wildman–Crippen MR) is 67.8 cm³/mol. The van der Waals surface area contributed by atoms with Crippen molar-refractivity contribution in [1.82, 2.24) is 4.98 Å². The van der Waals surface area contributed by atoms with Crippen LogP contribution in [0.25, 0.3) is 0 Å². The highest BCUT2D eigenvalue weighted by molar-refractivity contribution is 6.30. The molecule has 17 heavy (non-hydrogen) atoms. The van der Waals surface area contributed by atoms with E-state index in [0.29, 0.717) is 5.56 Å². The van der Waals surface area contributed by atoms with Gasteiger partial charge in [-0.25, -0.2) is 4.98 Å². The minimum Gasteiger partial charge on any atom is -0.240 e. The van der Waals surface area contributed by atoms with Crippen LogP contribution in [0.5, 0.6) is 0 Å². The maximum Gasteiger partial charge on any atom is 0.147 e. The highest BCUT2D eigenvalue weighted by Crippen LogP contribution is 2.14. The molecule has 0 spiro atoms. The van der Waals surface area contributed by atoms with Gasteiger partial charge < -0.3 is 0 Å². The number of nitriles is 1. The van der Waals surface area contributed by atoms with Gasteiger partial charge in [0, 0.05) is 5.69 Å². The Morgan fingerprint density at radius 1 is 1.06 bits per heavy atom. The van der Waals surface area contributed by atoms with Crippen molar-refractivity contribution in [2.75, 3.05) is 0 Å². The molecule has 84 valence electrons. The van der Waals surface area contributed by atoms with Crippen molar-refractivity contribution in [2.24, 2.45) is 0 Å². The van der Waals surface area contributed by atoms with E-state index in [1.165, 1.54) is 5.56 Å². The van der Waals surface area contributed by atoms with Gasteiger partial charge in [-0.05, 0) is 30.5 Å². The van der Waals surface area contributed by atoms with Gasteiger partial charge in [0.25, 0.3) is 0 Å². The van der Waals surface area contributed by atoms with Gasteiger partial charge in [0.2, 0.25) is 0 Å². The highest BCUT2D eigenvalue weighted by atomic mass is 35.5. The average molecular weight is 243 g/mol. The molecule has 0 bridgehead atoms. The fraction of sp³-hybridized carbons (Fsp3) is 0.143. The van der Waals surface area contributed by atoms with Crippen LogP contribution in [0.1, 0.15) is 16.8 Å². The van der Waals surface area contributed by atoms with Crippen LogP contribution in [0.2, 0.25) is 5.15 Å². The second-order valence-corrected chi connectivity index (χ2v) is 4.10. The molecule has 2 rings (SSSR count). The average Bonchev–Trinajstić information content (AvgIpc) is 2.38. The van der Waals surface area contributed by atoms with E-state index >= 15 is 0 Å². The van der Waals surface area contributed by atoms with E-state index in [4.69, 9.17) is 16.9 Å². The van der Waals surface area contributed by atoms with Gasteiger partial charge in [-0.1, -0.05) is 41.9 Å². The maximum atomic E-state index is 8.74. The number of pyridine rings is 1. The fourth-order valence-corrected chi connectivity index (χ4v) is 1.83. The Balaban J connectivity index is 2.06. The Morgan fingerprint density at radius 2 is 1.82 bits per heavy atom. The molecule has 0 fully saturated rings. The first-order valence-corrected chi connectivity index (χ1v) is 5.77. The summed E-state index contributed by atoms with van der Waals surface area (Å²) in [4.78, 5) is 4.20.